The van der Waals surface area contributed by atoms with E-state index in [4.69, 9.17) is 16.7 Å². The molecule has 1 unspecified atom stereocenters. The van der Waals surface area contributed by atoms with Crippen LogP contribution in [0.4, 0.5) is 0 Å². The molecule has 6 heteroatoms. The predicted octanol–water partition coefficient (Wildman–Crippen LogP) is 2.74. The van der Waals surface area contributed by atoms with Gasteiger partial charge in [-0.25, -0.2) is 0 Å². The van der Waals surface area contributed by atoms with Crippen molar-refractivity contribution in [1.82, 2.24) is 4.90 Å². The molecule has 0 radical (unpaired) electrons. The number of benzene rings is 1. The Morgan fingerprint density at radius 3 is 2.61 bits per heavy atom. The number of aliphatic carboxylic acids is 1. The first kappa shape index (κ1) is 15.2. The van der Waals surface area contributed by atoms with Crippen molar-refractivity contribution in [1.29, 1.82) is 0 Å². The van der Waals surface area contributed by atoms with Gasteiger partial charge in [0.25, 0.3) is 5.91 Å². The summed E-state index contributed by atoms with van der Waals surface area (Å²) in [6, 6.07) is 5.13. The molecular weight excluding hydrogens is 368 g/mol. The third kappa shape index (κ3) is 3.84. The Hall–Kier alpha value is -0.820. The Balaban J connectivity index is 2.83. The Labute approximate surface area is 124 Å². The van der Waals surface area contributed by atoms with Gasteiger partial charge in [-0.15, -0.1) is 0 Å². The number of nitrogens with zero attached hydrogens (tertiary/aromatic N) is 1. The molecule has 0 saturated heterocycles. The van der Waals surface area contributed by atoms with E-state index in [0.717, 1.165) is 3.57 Å². The maximum absolute atomic E-state index is 12.1. The lowest BCUT2D eigenvalue weighted by Crippen LogP contribution is -2.33. The molecule has 1 aromatic carbocycles. The molecular formula is C12H13ClINO3. The number of rotatable bonds is 4. The largest absolute Gasteiger partial charge is 0.481 e. The van der Waals surface area contributed by atoms with Gasteiger partial charge in [-0.2, -0.15) is 0 Å². The van der Waals surface area contributed by atoms with Crippen molar-refractivity contribution >= 4 is 46.1 Å². The van der Waals surface area contributed by atoms with Crippen LogP contribution >= 0.6 is 34.2 Å². The molecule has 0 aromatic heterocycles. The van der Waals surface area contributed by atoms with Crippen molar-refractivity contribution in [2.75, 3.05) is 13.6 Å². The van der Waals surface area contributed by atoms with Crippen LogP contribution < -0.4 is 0 Å². The fraction of sp³-hybridized carbons (Fsp3) is 0.333. The van der Waals surface area contributed by atoms with Crippen molar-refractivity contribution in [2.45, 2.75) is 6.92 Å². The van der Waals surface area contributed by atoms with Crippen LogP contribution in [0.3, 0.4) is 0 Å². The van der Waals surface area contributed by atoms with Gasteiger partial charge in [0.1, 0.15) is 0 Å². The van der Waals surface area contributed by atoms with Gasteiger partial charge in [-0.3, -0.25) is 9.59 Å². The standard InChI is InChI=1S/C12H13ClINO3/c1-7(12(17)18)6-15(2)11(16)9-4-3-8(14)5-10(9)13/h3-5,7H,6H2,1-2H3,(H,17,18). The van der Waals surface area contributed by atoms with Crippen LogP contribution in [0.25, 0.3) is 0 Å². The van der Waals surface area contributed by atoms with Gasteiger partial charge in [-0.1, -0.05) is 18.5 Å². The van der Waals surface area contributed by atoms with Gasteiger partial charge in [0.15, 0.2) is 0 Å². The van der Waals surface area contributed by atoms with Gasteiger partial charge in [0.2, 0.25) is 0 Å². The smallest absolute Gasteiger partial charge is 0.308 e. The predicted molar refractivity (Wildman–Crippen MR) is 77.9 cm³/mol. The number of hydrogen-bond donors (Lipinski definition) is 1. The van der Waals surface area contributed by atoms with E-state index in [1.165, 1.54) is 4.90 Å². The topological polar surface area (TPSA) is 57.6 Å². The summed E-state index contributed by atoms with van der Waals surface area (Å²) in [5.41, 5.74) is 0.386. The second-order valence-corrected chi connectivity index (χ2v) is 5.70. The molecule has 0 heterocycles. The number of carbonyl (C=O) groups is 2. The van der Waals surface area contributed by atoms with Gasteiger partial charge in [0.05, 0.1) is 16.5 Å². The third-order valence-electron chi connectivity index (χ3n) is 2.48. The van der Waals surface area contributed by atoms with Crippen molar-refractivity contribution in [3.63, 3.8) is 0 Å². The molecule has 98 valence electrons. The minimum absolute atomic E-state index is 0.149. The van der Waals surface area contributed by atoms with E-state index in [1.54, 1.807) is 32.2 Å². The highest BCUT2D eigenvalue weighted by molar-refractivity contribution is 14.1. The summed E-state index contributed by atoms with van der Waals surface area (Å²) in [4.78, 5) is 24.2. The maximum Gasteiger partial charge on any atom is 0.308 e. The molecule has 0 fully saturated rings. The Morgan fingerprint density at radius 2 is 2.11 bits per heavy atom. The van der Waals surface area contributed by atoms with Crippen LogP contribution in [0.1, 0.15) is 17.3 Å². The molecule has 0 aliphatic carbocycles. The fourth-order valence-electron chi connectivity index (χ4n) is 1.44. The highest BCUT2D eigenvalue weighted by Gasteiger charge is 2.20. The molecule has 0 aliphatic rings. The summed E-state index contributed by atoms with van der Waals surface area (Å²) < 4.78 is 0.940. The van der Waals surface area contributed by atoms with E-state index < -0.39 is 11.9 Å². The van der Waals surface area contributed by atoms with Gasteiger partial charge in [0, 0.05) is 17.2 Å². The zero-order chi connectivity index (χ0) is 13.9. The minimum atomic E-state index is -0.927. The average molecular weight is 382 g/mol. The number of halogens is 2. The van der Waals surface area contributed by atoms with Crippen molar-refractivity contribution in [3.05, 3.63) is 32.4 Å². The maximum atomic E-state index is 12.1. The van der Waals surface area contributed by atoms with Crippen LogP contribution in [-0.4, -0.2) is 35.5 Å². The van der Waals surface area contributed by atoms with Crippen molar-refractivity contribution < 1.29 is 14.7 Å². The number of carbonyl (C=O) groups excluding carboxylic acids is 1. The molecule has 0 saturated carbocycles. The van der Waals surface area contributed by atoms with Crippen molar-refractivity contribution in [2.24, 2.45) is 5.92 Å². The summed E-state index contributed by atoms with van der Waals surface area (Å²) >= 11 is 8.10. The summed E-state index contributed by atoms with van der Waals surface area (Å²) in [5, 5.41) is 9.19. The van der Waals surface area contributed by atoms with Crippen LogP contribution in [-0.2, 0) is 4.79 Å². The molecule has 0 bridgehead atoms. The molecule has 1 rings (SSSR count). The third-order valence-corrected chi connectivity index (χ3v) is 3.46. The SMILES string of the molecule is CC(CN(C)C(=O)c1ccc(I)cc1Cl)C(=O)O. The van der Waals surface area contributed by atoms with E-state index in [2.05, 4.69) is 22.6 Å². The quantitative estimate of drug-likeness (QED) is 0.816. The molecule has 1 amide bonds. The van der Waals surface area contributed by atoms with Gasteiger partial charge in [-0.05, 0) is 40.8 Å². The highest BCUT2D eigenvalue weighted by Crippen LogP contribution is 2.20. The molecule has 1 atom stereocenters. The van der Waals surface area contributed by atoms with E-state index in [1.807, 2.05) is 0 Å². The van der Waals surface area contributed by atoms with E-state index in [0.29, 0.717) is 10.6 Å². The summed E-state index contributed by atoms with van der Waals surface area (Å²) in [7, 11) is 1.57. The molecule has 0 spiro atoms. The van der Waals surface area contributed by atoms with Gasteiger partial charge < -0.3 is 10.0 Å². The Bertz CT molecular complexity index is 478. The first-order valence-electron chi connectivity index (χ1n) is 5.26. The first-order valence-corrected chi connectivity index (χ1v) is 6.72. The molecule has 1 N–H and O–H groups in total. The van der Waals surface area contributed by atoms with Crippen LogP contribution in [0, 0.1) is 9.49 Å². The lowest BCUT2D eigenvalue weighted by atomic mass is 10.1. The van der Waals surface area contributed by atoms with Gasteiger partial charge >= 0.3 is 5.97 Å². The summed E-state index contributed by atoms with van der Waals surface area (Å²) in [6.45, 7) is 1.71. The number of hydrogen-bond acceptors (Lipinski definition) is 2. The second-order valence-electron chi connectivity index (χ2n) is 4.05. The fourth-order valence-corrected chi connectivity index (χ4v) is 2.38. The molecule has 0 aliphatic heterocycles. The number of carboxylic acids is 1. The van der Waals surface area contributed by atoms with Crippen molar-refractivity contribution in [3.8, 4) is 0 Å². The zero-order valence-corrected chi connectivity index (χ0v) is 12.9. The number of carboxylic acid groups (broad SMARTS) is 1. The van der Waals surface area contributed by atoms with E-state index in [-0.39, 0.29) is 12.5 Å². The van der Waals surface area contributed by atoms with E-state index >= 15 is 0 Å². The summed E-state index contributed by atoms with van der Waals surface area (Å²) in [6.07, 6.45) is 0. The average Bonchev–Trinajstić information content (AvgIpc) is 2.27. The summed E-state index contributed by atoms with van der Waals surface area (Å²) in [5.74, 6) is -1.81. The highest BCUT2D eigenvalue weighted by atomic mass is 127. The number of amides is 1. The Kier molecular flexibility index (Phi) is 5.40. The van der Waals surface area contributed by atoms with Crippen LogP contribution in [0.15, 0.2) is 18.2 Å². The lowest BCUT2D eigenvalue weighted by molar-refractivity contribution is -0.141. The Morgan fingerprint density at radius 1 is 1.50 bits per heavy atom. The lowest BCUT2D eigenvalue weighted by Gasteiger charge is -2.20. The zero-order valence-electron chi connectivity index (χ0n) is 9.98. The van der Waals surface area contributed by atoms with E-state index in [9.17, 15) is 9.59 Å². The second kappa shape index (κ2) is 6.38. The molecule has 1 aromatic rings. The molecule has 4 nitrogen and oxygen atoms in total. The monoisotopic (exact) mass is 381 g/mol. The minimum Gasteiger partial charge on any atom is -0.481 e. The van der Waals surface area contributed by atoms with Crippen LogP contribution in [0.5, 0.6) is 0 Å². The molecule has 18 heavy (non-hydrogen) atoms. The van der Waals surface area contributed by atoms with Crippen LogP contribution in [0.2, 0.25) is 5.02 Å². The first-order chi connectivity index (χ1) is 8.32. The normalized spacial score (nSPS) is 12.0.